The third-order valence-electron chi connectivity index (χ3n) is 4.04. The molecular weight excluding hydrogens is 382 g/mol. The van der Waals surface area contributed by atoms with Crippen LogP contribution in [0.5, 0.6) is 0 Å². The van der Waals surface area contributed by atoms with Crippen LogP contribution in [0.1, 0.15) is 13.8 Å². The summed E-state index contributed by atoms with van der Waals surface area (Å²) in [6, 6.07) is 9.89. The largest absolute Gasteiger partial charge is 0.326 e. The summed E-state index contributed by atoms with van der Waals surface area (Å²) >= 11 is 0. The van der Waals surface area contributed by atoms with E-state index in [1.807, 2.05) is 0 Å². The lowest BCUT2D eigenvalue weighted by atomic mass is 10.2. The van der Waals surface area contributed by atoms with Crippen LogP contribution in [0, 0.1) is 11.6 Å². The Morgan fingerprint density at radius 3 is 1.79 bits per heavy atom. The zero-order chi connectivity index (χ0) is 21.4. The summed E-state index contributed by atoms with van der Waals surface area (Å²) in [5.41, 5.74) is 0.641. The van der Waals surface area contributed by atoms with Crippen molar-refractivity contribution in [2.24, 2.45) is 0 Å². The van der Waals surface area contributed by atoms with Gasteiger partial charge in [0.15, 0.2) is 13.1 Å². The van der Waals surface area contributed by atoms with E-state index in [0.29, 0.717) is 22.8 Å². The maximum atomic E-state index is 13.6. The maximum Gasteiger partial charge on any atom is 0.279 e. The Morgan fingerprint density at radius 1 is 0.828 bits per heavy atom. The van der Waals surface area contributed by atoms with Crippen LogP contribution in [0.2, 0.25) is 0 Å². The number of quaternary nitrogens is 1. The lowest BCUT2D eigenvalue weighted by Crippen LogP contribution is -3.13. The number of likely N-dealkylation sites (N-methyl/N-ethyl adjacent to an activating group) is 1. The van der Waals surface area contributed by atoms with Crippen LogP contribution in [0.3, 0.4) is 0 Å². The van der Waals surface area contributed by atoms with Crippen molar-refractivity contribution in [3.63, 3.8) is 0 Å². The van der Waals surface area contributed by atoms with Gasteiger partial charge in [-0.25, -0.2) is 8.78 Å². The van der Waals surface area contributed by atoms with Gasteiger partial charge in [-0.15, -0.1) is 0 Å². The van der Waals surface area contributed by atoms with Gasteiger partial charge in [0.25, 0.3) is 11.8 Å². The molecule has 0 aliphatic rings. The molecule has 0 aliphatic heterocycles. The molecule has 4 N–H and O–H groups in total. The smallest absolute Gasteiger partial charge is 0.279 e. The molecule has 1 atom stereocenters. The van der Waals surface area contributed by atoms with Gasteiger partial charge in [-0.1, -0.05) is 6.07 Å². The maximum absolute atomic E-state index is 13.6. The monoisotopic (exact) mass is 405 g/mol. The lowest BCUT2D eigenvalue weighted by molar-refractivity contribution is -0.881. The summed E-state index contributed by atoms with van der Waals surface area (Å²) in [7, 11) is 0. The van der Waals surface area contributed by atoms with Crippen molar-refractivity contribution in [1.29, 1.82) is 0 Å². The molecule has 154 valence electrons. The molecule has 0 spiro atoms. The predicted molar refractivity (Wildman–Crippen MR) is 106 cm³/mol. The second kappa shape index (κ2) is 10.3. The van der Waals surface area contributed by atoms with Gasteiger partial charge in [-0.3, -0.25) is 14.4 Å². The molecule has 2 rings (SSSR count). The van der Waals surface area contributed by atoms with Gasteiger partial charge in [0.05, 0.1) is 6.54 Å². The molecule has 1 unspecified atom stereocenters. The molecule has 9 heteroatoms. The van der Waals surface area contributed by atoms with Crippen LogP contribution in [0.4, 0.5) is 25.8 Å². The molecule has 0 saturated carbocycles. The lowest BCUT2D eigenvalue weighted by Gasteiger charge is -2.17. The summed E-state index contributed by atoms with van der Waals surface area (Å²) in [6.45, 7) is 3.52. The number of carbonyl (C=O) groups is 3. The third-order valence-corrected chi connectivity index (χ3v) is 4.04. The Labute approximate surface area is 167 Å². The Bertz CT molecular complexity index is 868. The summed E-state index contributed by atoms with van der Waals surface area (Å²) in [6.07, 6.45) is 0. The van der Waals surface area contributed by atoms with Gasteiger partial charge in [0.2, 0.25) is 5.91 Å². The van der Waals surface area contributed by atoms with Crippen molar-refractivity contribution in [3.8, 4) is 0 Å². The number of anilines is 3. The fraction of sp³-hybridized carbons (Fsp3) is 0.250. The summed E-state index contributed by atoms with van der Waals surface area (Å²) in [4.78, 5) is 36.0. The van der Waals surface area contributed by atoms with Crippen LogP contribution in [-0.2, 0) is 14.4 Å². The SMILES string of the molecule is CC[NH+](CC(=O)Nc1ccc(NC(C)=O)cc1)CC(=O)Nc1c(F)cccc1F. The Kier molecular flexibility index (Phi) is 7.79. The molecule has 0 bridgehead atoms. The molecule has 0 fully saturated rings. The molecule has 0 aromatic heterocycles. The van der Waals surface area contributed by atoms with E-state index in [1.165, 1.54) is 13.0 Å². The van der Waals surface area contributed by atoms with Crippen LogP contribution in [-0.4, -0.2) is 37.4 Å². The topological polar surface area (TPSA) is 91.7 Å². The number of nitrogens with one attached hydrogen (secondary N) is 4. The normalized spacial score (nSPS) is 11.4. The fourth-order valence-corrected chi connectivity index (χ4v) is 2.61. The molecule has 29 heavy (non-hydrogen) atoms. The number of hydrogen-bond acceptors (Lipinski definition) is 3. The molecule has 7 nitrogen and oxygen atoms in total. The van der Waals surface area contributed by atoms with Crippen LogP contribution in [0.25, 0.3) is 0 Å². The van der Waals surface area contributed by atoms with E-state index in [1.54, 1.807) is 31.2 Å². The zero-order valence-electron chi connectivity index (χ0n) is 16.1. The van der Waals surface area contributed by atoms with Gasteiger partial charge < -0.3 is 20.9 Å². The number of carbonyl (C=O) groups excluding carboxylic acids is 3. The summed E-state index contributed by atoms with van der Waals surface area (Å²) in [5, 5.41) is 7.54. The number of rotatable bonds is 8. The van der Waals surface area contributed by atoms with Crippen molar-refractivity contribution in [2.45, 2.75) is 13.8 Å². The first-order chi connectivity index (χ1) is 13.8. The van der Waals surface area contributed by atoms with Crippen molar-refractivity contribution in [2.75, 3.05) is 35.6 Å². The number of amides is 3. The number of para-hydroxylation sites is 1. The van der Waals surface area contributed by atoms with Crippen LogP contribution >= 0.6 is 0 Å². The van der Waals surface area contributed by atoms with Gasteiger partial charge in [0.1, 0.15) is 17.3 Å². The molecule has 0 heterocycles. The third kappa shape index (κ3) is 6.96. The van der Waals surface area contributed by atoms with E-state index in [9.17, 15) is 23.2 Å². The van der Waals surface area contributed by atoms with Crippen molar-refractivity contribution < 1.29 is 28.1 Å². The van der Waals surface area contributed by atoms with Crippen LogP contribution in [0.15, 0.2) is 42.5 Å². The van der Waals surface area contributed by atoms with Gasteiger partial charge in [-0.05, 0) is 43.3 Å². The fourth-order valence-electron chi connectivity index (χ4n) is 2.61. The molecule has 2 aromatic carbocycles. The van der Waals surface area contributed by atoms with Crippen molar-refractivity contribution in [1.82, 2.24) is 0 Å². The second-order valence-electron chi connectivity index (χ2n) is 6.41. The quantitative estimate of drug-likeness (QED) is 0.535. The Morgan fingerprint density at radius 2 is 1.31 bits per heavy atom. The predicted octanol–water partition coefficient (Wildman–Crippen LogP) is 1.41. The van der Waals surface area contributed by atoms with E-state index >= 15 is 0 Å². The highest BCUT2D eigenvalue weighted by Gasteiger charge is 2.19. The van der Waals surface area contributed by atoms with Gasteiger partial charge >= 0.3 is 0 Å². The van der Waals surface area contributed by atoms with E-state index in [4.69, 9.17) is 0 Å². The average molecular weight is 405 g/mol. The highest BCUT2D eigenvalue weighted by Crippen LogP contribution is 2.17. The van der Waals surface area contributed by atoms with E-state index < -0.39 is 23.2 Å². The highest BCUT2D eigenvalue weighted by molar-refractivity contribution is 5.94. The van der Waals surface area contributed by atoms with E-state index in [2.05, 4.69) is 16.0 Å². The molecule has 0 saturated heterocycles. The number of benzene rings is 2. The van der Waals surface area contributed by atoms with Gasteiger partial charge in [-0.2, -0.15) is 0 Å². The molecule has 2 aromatic rings. The molecule has 3 amide bonds. The molecule has 0 radical (unpaired) electrons. The zero-order valence-corrected chi connectivity index (χ0v) is 16.1. The van der Waals surface area contributed by atoms with Crippen molar-refractivity contribution >= 4 is 34.8 Å². The van der Waals surface area contributed by atoms with E-state index in [-0.39, 0.29) is 24.9 Å². The summed E-state index contributed by atoms with van der Waals surface area (Å²) < 4.78 is 27.3. The Balaban J connectivity index is 1.89. The Hall–Kier alpha value is -3.33. The first-order valence-electron chi connectivity index (χ1n) is 9.03. The molecular formula is C20H23F2N4O3+. The second-order valence-corrected chi connectivity index (χ2v) is 6.41. The standard InChI is InChI=1S/C20H22F2N4O3/c1-3-26(12-19(29)25-20-16(21)5-4-6-17(20)22)11-18(28)24-15-9-7-14(8-10-15)23-13(2)27/h4-10H,3,11-12H2,1-2H3,(H,23,27)(H,24,28)(H,25,29)/p+1. The highest BCUT2D eigenvalue weighted by atomic mass is 19.1. The minimum absolute atomic E-state index is 0.00286. The first-order valence-corrected chi connectivity index (χ1v) is 9.03. The first kappa shape index (κ1) is 22.0. The van der Waals surface area contributed by atoms with E-state index in [0.717, 1.165) is 12.1 Å². The summed E-state index contributed by atoms with van der Waals surface area (Å²) in [5.74, 6) is -2.84. The number of hydrogen-bond donors (Lipinski definition) is 4. The van der Waals surface area contributed by atoms with Crippen LogP contribution < -0.4 is 20.9 Å². The molecule has 0 aliphatic carbocycles. The number of halogens is 2. The minimum atomic E-state index is -0.864. The minimum Gasteiger partial charge on any atom is -0.326 e. The average Bonchev–Trinajstić information content (AvgIpc) is 2.65. The van der Waals surface area contributed by atoms with Gasteiger partial charge in [0, 0.05) is 18.3 Å². The van der Waals surface area contributed by atoms with Crippen molar-refractivity contribution in [3.05, 3.63) is 54.1 Å².